The molecule has 2 aromatic rings. The number of Topliss-reactive ketones (excluding diaryl/α,β-unsaturated/α-hetero) is 1. The third-order valence-corrected chi connectivity index (χ3v) is 4.34. The van der Waals surface area contributed by atoms with Gasteiger partial charge in [0, 0.05) is 17.4 Å². The molecule has 2 aromatic heterocycles. The van der Waals surface area contributed by atoms with Gasteiger partial charge in [0.1, 0.15) is 5.69 Å². The minimum Gasteiger partial charge on any atom is -0.293 e. The first-order valence-corrected chi connectivity index (χ1v) is 6.66. The summed E-state index contributed by atoms with van der Waals surface area (Å²) in [5.41, 5.74) is 4.20. The Bertz CT molecular complexity index is 595. The number of hydrogen-bond acceptors (Lipinski definition) is 3. The van der Waals surface area contributed by atoms with Gasteiger partial charge < -0.3 is 0 Å². The summed E-state index contributed by atoms with van der Waals surface area (Å²) < 4.78 is 0. The second kappa shape index (κ2) is 3.81. The first kappa shape index (κ1) is 10.7. The molecule has 0 spiro atoms. The van der Waals surface area contributed by atoms with Gasteiger partial charge in [-0.15, -0.1) is 11.3 Å². The van der Waals surface area contributed by atoms with Gasteiger partial charge in [0.15, 0.2) is 5.78 Å². The Morgan fingerprint density at radius 1 is 1.47 bits per heavy atom. The molecule has 1 aliphatic carbocycles. The lowest BCUT2D eigenvalue weighted by Gasteiger charge is -1.98. The van der Waals surface area contributed by atoms with Crippen molar-refractivity contribution in [3.05, 3.63) is 27.8 Å². The molecule has 3 nitrogen and oxygen atoms in total. The molecule has 4 heteroatoms. The number of ketones is 1. The van der Waals surface area contributed by atoms with Crippen LogP contribution in [0.3, 0.4) is 0 Å². The summed E-state index contributed by atoms with van der Waals surface area (Å²) in [5, 5.41) is 7.24. The molecule has 17 heavy (non-hydrogen) atoms. The fraction of sp³-hybridized carbons (Fsp3) is 0.385. The number of H-pyrrole nitrogens is 1. The van der Waals surface area contributed by atoms with Crippen molar-refractivity contribution in [2.75, 3.05) is 0 Å². The van der Waals surface area contributed by atoms with Gasteiger partial charge >= 0.3 is 0 Å². The molecule has 0 atom stereocenters. The first-order valence-electron chi connectivity index (χ1n) is 5.84. The van der Waals surface area contributed by atoms with Crippen molar-refractivity contribution >= 4 is 17.1 Å². The number of nitrogens with zero attached hydrogens (tertiary/aromatic N) is 1. The van der Waals surface area contributed by atoms with E-state index in [1.54, 1.807) is 18.3 Å². The summed E-state index contributed by atoms with van der Waals surface area (Å²) in [6, 6.07) is 2.25. The van der Waals surface area contributed by atoms with E-state index in [0.717, 1.165) is 30.5 Å². The van der Waals surface area contributed by atoms with Gasteiger partial charge in [-0.05, 0) is 37.8 Å². The van der Waals surface area contributed by atoms with Gasteiger partial charge in [0.2, 0.25) is 0 Å². The first-order chi connectivity index (χ1) is 8.16. The fourth-order valence-electron chi connectivity index (χ4n) is 2.51. The number of fused-ring (bicyclic) bond motifs is 3. The molecule has 0 bridgehead atoms. The van der Waals surface area contributed by atoms with Crippen LogP contribution < -0.4 is 0 Å². The molecule has 0 radical (unpaired) electrons. The van der Waals surface area contributed by atoms with Crippen molar-refractivity contribution in [3.63, 3.8) is 0 Å². The lowest BCUT2D eigenvalue weighted by molar-refractivity contribution is 0.101. The number of aromatic nitrogens is 2. The highest BCUT2D eigenvalue weighted by Gasteiger charge is 2.23. The Hall–Kier alpha value is -1.42. The van der Waals surface area contributed by atoms with Crippen molar-refractivity contribution in [2.45, 2.75) is 33.1 Å². The number of carbonyl (C=O) groups excluding carboxylic acids is 1. The molecule has 0 amide bonds. The summed E-state index contributed by atoms with van der Waals surface area (Å²) in [5.74, 6) is 0.0548. The minimum atomic E-state index is 0.0548. The molecule has 88 valence electrons. The van der Waals surface area contributed by atoms with Crippen LogP contribution >= 0.6 is 11.3 Å². The van der Waals surface area contributed by atoms with Crippen molar-refractivity contribution in [1.29, 1.82) is 0 Å². The third kappa shape index (κ3) is 1.63. The van der Waals surface area contributed by atoms with Crippen LogP contribution in [0.4, 0.5) is 0 Å². The minimum absolute atomic E-state index is 0.0548. The van der Waals surface area contributed by atoms with Crippen LogP contribution in [0.5, 0.6) is 0 Å². The summed E-state index contributed by atoms with van der Waals surface area (Å²) in [7, 11) is 0. The van der Waals surface area contributed by atoms with E-state index in [1.165, 1.54) is 15.3 Å². The van der Waals surface area contributed by atoms with Gasteiger partial charge in [-0.25, -0.2) is 0 Å². The Morgan fingerprint density at radius 3 is 3.06 bits per heavy atom. The molecule has 0 saturated carbocycles. The number of rotatable bonds is 1. The zero-order valence-corrected chi connectivity index (χ0v) is 10.8. The highest BCUT2D eigenvalue weighted by molar-refractivity contribution is 7.15. The predicted molar refractivity (Wildman–Crippen MR) is 68.7 cm³/mol. The Morgan fingerprint density at radius 2 is 2.29 bits per heavy atom. The van der Waals surface area contributed by atoms with Crippen molar-refractivity contribution in [1.82, 2.24) is 10.2 Å². The summed E-state index contributed by atoms with van der Waals surface area (Å²) >= 11 is 1.79. The highest BCUT2D eigenvalue weighted by Crippen LogP contribution is 2.38. The standard InChI is InChI=1S/C13H14N2OS/c1-7-6-9-4-3-5-10-11(8(2)16)14-15-12(10)13(9)17-7/h6H,3-5H2,1-2H3,(H,14,15). The Kier molecular flexibility index (Phi) is 2.40. The monoisotopic (exact) mass is 246 g/mol. The van der Waals surface area contributed by atoms with E-state index in [-0.39, 0.29) is 5.78 Å². The van der Waals surface area contributed by atoms with E-state index in [1.807, 2.05) is 0 Å². The summed E-state index contributed by atoms with van der Waals surface area (Å²) in [4.78, 5) is 14.1. The van der Waals surface area contributed by atoms with Crippen LogP contribution in [0, 0.1) is 6.92 Å². The quantitative estimate of drug-likeness (QED) is 0.786. The topological polar surface area (TPSA) is 45.8 Å². The normalized spacial score (nSPS) is 14.0. The number of carbonyl (C=O) groups is 1. The third-order valence-electron chi connectivity index (χ3n) is 3.23. The fourth-order valence-corrected chi connectivity index (χ4v) is 3.59. The van der Waals surface area contributed by atoms with Gasteiger partial charge in [-0.1, -0.05) is 0 Å². The molecule has 0 fully saturated rings. The molecule has 1 aliphatic rings. The molecule has 1 N–H and O–H groups in total. The number of aryl methyl sites for hydroxylation is 2. The molecule has 0 aromatic carbocycles. The number of thiophene rings is 1. The lowest BCUT2D eigenvalue weighted by Crippen LogP contribution is -1.98. The van der Waals surface area contributed by atoms with Gasteiger partial charge in [-0.3, -0.25) is 9.89 Å². The Balaban J connectivity index is 2.23. The SMILES string of the molecule is CC(=O)c1n[nH]c2c1CCCc1cc(C)sc1-2. The van der Waals surface area contributed by atoms with Crippen LogP contribution in [0.25, 0.3) is 10.6 Å². The zero-order valence-electron chi connectivity index (χ0n) is 9.96. The van der Waals surface area contributed by atoms with Crippen LogP contribution in [0.2, 0.25) is 0 Å². The van der Waals surface area contributed by atoms with E-state index in [4.69, 9.17) is 0 Å². The predicted octanol–water partition coefficient (Wildman–Crippen LogP) is 3.14. The Labute approximate surface area is 104 Å². The largest absolute Gasteiger partial charge is 0.293 e. The number of hydrogen-bond donors (Lipinski definition) is 1. The number of aromatic amines is 1. The number of nitrogens with one attached hydrogen (secondary N) is 1. The summed E-state index contributed by atoms with van der Waals surface area (Å²) in [6.07, 6.45) is 3.14. The average Bonchev–Trinajstić information content (AvgIpc) is 2.79. The second-order valence-electron chi connectivity index (χ2n) is 4.55. The van der Waals surface area contributed by atoms with Gasteiger partial charge in [0.25, 0.3) is 0 Å². The zero-order chi connectivity index (χ0) is 12.0. The van der Waals surface area contributed by atoms with E-state index in [0.29, 0.717) is 5.69 Å². The van der Waals surface area contributed by atoms with Crippen LogP contribution in [0.15, 0.2) is 6.07 Å². The second-order valence-corrected chi connectivity index (χ2v) is 5.80. The van der Waals surface area contributed by atoms with E-state index in [2.05, 4.69) is 23.2 Å². The smallest absolute Gasteiger partial charge is 0.180 e. The molecule has 2 heterocycles. The van der Waals surface area contributed by atoms with Crippen LogP contribution in [-0.4, -0.2) is 16.0 Å². The molecule has 3 rings (SSSR count). The lowest BCUT2D eigenvalue weighted by atomic mass is 10.1. The van der Waals surface area contributed by atoms with Crippen molar-refractivity contribution in [2.24, 2.45) is 0 Å². The van der Waals surface area contributed by atoms with Crippen molar-refractivity contribution < 1.29 is 4.79 Å². The maximum atomic E-state index is 11.5. The van der Waals surface area contributed by atoms with Gasteiger partial charge in [0.05, 0.1) is 10.6 Å². The maximum absolute atomic E-state index is 11.5. The molecule has 0 aliphatic heterocycles. The highest BCUT2D eigenvalue weighted by atomic mass is 32.1. The van der Waals surface area contributed by atoms with E-state index in [9.17, 15) is 4.79 Å². The van der Waals surface area contributed by atoms with Gasteiger partial charge in [-0.2, -0.15) is 5.10 Å². The van der Waals surface area contributed by atoms with E-state index < -0.39 is 0 Å². The van der Waals surface area contributed by atoms with Crippen LogP contribution in [-0.2, 0) is 12.8 Å². The van der Waals surface area contributed by atoms with Crippen molar-refractivity contribution in [3.8, 4) is 10.6 Å². The molecule has 0 saturated heterocycles. The van der Waals surface area contributed by atoms with E-state index >= 15 is 0 Å². The molecule has 0 unspecified atom stereocenters. The molecular formula is C13H14N2OS. The van der Waals surface area contributed by atoms with Crippen LogP contribution in [0.1, 0.15) is 39.8 Å². The molecular weight excluding hydrogens is 232 g/mol. The average molecular weight is 246 g/mol. The summed E-state index contributed by atoms with van der Waals surface area (Å²) in [6.45, 7) is 3.71. The maximum Gasteiger partial charge on any atom is 0.180 e.